The summed E-state index contributed by atoms with van der Waals surface area (Å²) in [4.78, 5) is 47.2. The Kier molecular flexibility index (Phi) is 4.62. The second-order valence-electron chi connectivity index (χ2n) is 6.28. The zero-order valence-corrected chi connectivity index (χ0v) is 15.0. The standard InChI is InChI=1S/C22H14N2O5/c25-19-18(20(26)24-22(28)23-19)12-13-8-10-15(11-9-13)29-21(27)17-7-3-5-14-4-1-2-6-16(14)17/h1-12H,(H2,23,24,25,26,28). The Morgan fingerprint density at radius 3 is 2.17 bits per heavy atom. The molecular weight excluding hydrogens is 372 g/mol. The molecule has 7 heteroatoms. The van der Waals surface area contributed by atoms with E-state index in [0.29, 0.717) is 16.9 Å². The number of carbonyl (C=O) groups is 4. The molecule has 3 aromatic carbocycles. The van der Waals surface area contributed by atoms with Crippen molar-refractivity contribution in [1.29, 1.82) is 0 Å². The fraction of sp³-hybridized carbons (Fsp3) is 0. The molecule has 0 aliphatic carbocycles. The maximum Gasteiger partial charge on any atom is 0.344 e. The van der Waals surface area contributed by atoms with Gasteiger partial charge in [-0.25, -0.2) is 9.59 Å². The number of hydrogen-bond donors (Lipinski definition) is 2. The quantitative estimate of drug-likeness (QED) is 0.312. The second-order valence-corrected chi connectivity index (χ2v) is 6.28. The highest BCUT2D eigenvalue weighted by Crippen LogP contribution is 2.21. The number of esters is 1. The molecule has 2 N–H and O–H groups in total. The first kappa shape index (κ1) is 18.1. The van der Waals surface area contributed by atoms with Crippen LogP contribution in [0.4, 0.5) is 4.79 Å². The van der Waals surface area contributed by atoms with Crippen LogP contribution in [0.15, 0.2) is 72.3 Å². The van der Waals surface area contributed by atoms with Gasteiger partial charge < -0.3 is 4.74 Å². The van der Waals surface area contributed by atoms with E-state index in [-0.39, 0.29) is 5.57 Å². The molecule has 29 heavy (non-hydrogen) atoms. The lowest BCUT2D eigenvalue weighted by Crippen LogP contribution is -2.51. The molecule has 1 aliphatic rings. The van der Waals surface area contributed by atoms with Crippen molar-refractivity contribution in [1.82, 2.24) is 10.6 Å². The number of carbonyl (C=O) groups excluding carboxylic acids is 4. The summed E-state index contributed by atoms with van der Waals surface area (Å²) in [5.41, 5.74) is 0.796. The van der Waals surface area contributed by atoms with Crippen molar-refractivity contribution in [2.75, 3.05) is 0 Å². The van der Waals surface area contributed by atoms with Crippen molar-refractivity contribution in [3.8, 4) is 5.75 Å². The monoisotopic (exact) mass is 386 g/mol. The molecule has 0 atom stereocenters. The highest BCUT2D eigenvalue weighted by Gasteiger charge is 2.27. The lowest BCUT2D eigenvalue weighted by Gasteiger charge is -2.13. The van der Waals surface area contributed by atoms with Crippen molar-refractivity contribution in [2.45, 2.75) is 0 Å². The highest BCUT2D eigenvalue weighted by molar-refractivity contribution is 6.31. The fourth-order valence-electron chi connectivity index (χ4n) is 2.97. The summed E-state index contributed by atoms with van der Waals surface area (Å²) in [6.07, 6.45) is 1.34. The van der Waals surface area contributed by atoms with Crippen LogP contribution in [0.1, 0.15) is 15.9 Å². The Morgan fingerprint density at radius 1 is 0.793 bits per heavy atom. The van der Waals surface area contributed by atoms with Crippen LogP contribution >= 0.6 is 0 Å². The Hall–Kier alpha value is -4.26. The number of fused-ring (bicyclic) bond motifs is 1. The SMILES string of the molecule is O=C1NC(=O)C(=Cc2ccc(OC(=O)c3cccc4ccccc34)cc2)C(=O)N1. The van der Waals surface area contributed by atoms with Crippen molar-refractivity contribution >= 4 is 40.7 Å². The highest BCUT2D eigenvalue weighted by atomic mass is 16.5. The van der Waals surface area contributed by atoms with E-state index in [1.165, 1.54) is 6.08 Å². The number of amides is 4. The molecule has 1 fully saturated rings. The third-order valence-corrected chi connectivity index (χ3v) is 4.35. The summed E-state index contributed by atoms with van der Waals surface area (Å²) in [5, 5.41) is 5.74. The first-order chi connectivity index (χ1) is 14.0. The van der Waals surface area contributed by atoms with Crippen molar-refractivity contribution in [3.05, 3.63) is 83.4 Å². The normalized spacial score (nSPS) is 13.7. The predicted octanol–water partition coefficient (Wildman–Crippen LogP) is 2.81. The second kappa shape index (κ2) is 7.40. The lowest BCUT2D eigenvalue weighted by molar-refractivity contribution is -0.123. The molecule has 1 heterocycles. The van der Waals surface area contributed by atoms with Gasteiger partial charge in [0, 0.05) is 0 Å². The Balaban J connectivity index is 1.53. The van der Waals surface area contributed by atoms with Crippen LogP contribution in [-0.4, -0.2) is 23.8 Å². The van der Waals surface area contributed by atoms with Gasteiger partial charge in [-0.1, -0.05) is 48.5 Å². The third-order valence-electron chi connectivity index (χ3n) is 4.35. The van der Waals surface area contributed by atoms with Gasteiger partial charge in [-0.3, -0.25) is 20.2 Å². The summed E-state index contributed by atoms with van der Waals surface area (Å²) < 4.78 is 5.45. The number of rotatable bonds is 3. The van der Waals surface area contributed by atoms with Gasteiger partial charge in [-0.05, 0) is 40.6 Å². The number of benzene rings is 3. The predicted molar refractivity (Wildman–Crippen MR) is 105 cm³/mol. The average Bonchev–Trinajstić information content (AvgIpc) is 2.71. The van der Waals surface area contributed by atoms with Gasteiger partial charge in [-0.15, -0.1) is 0 Å². The molecule has 0 spiro atoms. The van der Waals surface area contributed by atoms with Gasteiger partial charge >= 0.3 is 12.0 Å². The van der Waals surface area contributed by atoms with E-state index in [1.54, 1.807) is 36.4 Å². The van der Waals surface area contributed by atoms with E-state index in [4.69, 9.17) is 4.74 Å². The average molecular weight is 386 g/mol. The zero-order chi connectivity index (χ0) is 20.4. The van der Waals surface area contributed by atoms with E-state index in [0.717, 1.165) is 10.8 Å². The molecule has 0 radical (unpaired) electrons. The van der Waals surface area contributed by atoms with Crippen LogP contribution in [0.5, 0.6) is 5.75 Å². The molecule has 0 unspecified atom stereocenters. The summed E-state index contributed by atoms with van der Waals surface area (Å²) in [7, 11) is 0. The summed E-state index contributed by atoms with van der Waals surface area (Å²) in [6.45, 7) is 0. The smallest absolute Gasteiger partial charge is 0.344 e. The van der Waals surface area contributed by atoms with E-state index in [9.17, 15) is 19.2 Å². The molecular formula is C22H14N2O5. The number of hydrogen-bond acceptors (Lipinski definition) is 5. The van der Waals surface area contributed by atoms with Crippen molar-refractivity contribution in [2.24, 2.45) is 0 Å². The van der Waals surface area contributed by atoms with Crippen LogP contribution in [0.3, 0.4) is 0 Å². The Bertz CT molecular complexity index is 1170. The van der Waals surface area contributed by atoms with Gasteiger partial charge in [0.05, 0.1) is 5.56 Å². The van der Waals surface area contributed by atoms with E-state index < -0.39 is 23.8 Å². The molecule has 0 saturated carbocycles. The number of nitrogens with one attached hydrogen (secondary N) is 2. The van der Waals surface area contributed by atoms with Crippen LogP contribution in [0, 0.1) is 0 Å². The third kappa shape index (κ3) is 3.74. The fourth-order valence-corrected chi connectivity index (χ4v) is 2.97. The largest absolute Gasteiger partial charge is 0.423 e. The Morgan fingerprint density at radius 2 is 1.45 bits per heavy atom. The number of imide groups is 2. The first-order valence-electron chi connectivity index (χ1n) is 8.69. The van der Waals surface area contributed by atoms with Gasteiger partial charge in [0.1, 0.15) is 11.3 Å². The zero-order valence-electron chi connectivity index (χ0n) is 15.0. The van der Waals surface area contributed by atoms with Gasteiger partial charge in [-0.2, -0.15) is 0 Å². The van der Waals surface area contributed by atoms with Crippen LogP contribution in [0.2, 0.25) is 0 Å². The van der Waals surface area contributed by atoms with Gasteiger partial charge in [0.2, 0.25) is 0 Å². The molecule has 142 valence electrons. The number of barbiturate groups is 1. The first-order valence-corrected chi connectivity index (χ1v) is 8.69. The van der Waals surface area contributed by atoms with Gasteiger partial charge in [0.25, 0.3) is 11.8 Å². The molecule has 4 amide bonds. The minimum absolute atomic E-state index is 0.190. The summed E-state index contributed by atoms with van der Waals surface area (Å²) >= 11 is 0. The van der Waals surface area contributed by atoms with Crippen molar-refractivity contribution in [3.63, 3.8) is 0 Å². The summed E-state index contributed by atoms with van der Waals surface area (Å²) in [6, 6.07) is 18.4. The molecule has 3 aromatic rings. The lowest BCUT2D eigenvalue weighted by atomic mass is 10.0. The molecule has 7 nitrogen and oxygen atoms in total. The summed E-state index contributed by atoms with van der Waals surface area (Å²) in [5.74, 6) is -1.72. The van der Waals surface area contributed by atoms with E-state index in [2.05, 4.69) is 0 Å². The van der Waals surface area contributed by atoms with Crippen LogP contribution < -0.4 is 15.4 Å². The van der Waals surface area contributed by atoms with Crippen LogP contribution in [0.25, 0.3) is 16.8 Å². The Labute approximate surface area is 165 Å². The number of urea groups is 1. The molecule has 0 bridgehead atoms. The molecule has 1 saturated heterocycles. The van der Waals surface area contributed by atoms with E-state index >= 15 is 0 Å². The van der Waals surface area contributed by atoms with Crippen molar-refractivity contribution < 1.29 is 23.9 Å². The minimum atomic E-state index is -0.854. The maximum absolute atomic E-state index is 12.6. The molecule has 0 aromatic heterocycles. The minimum Gasteiger partial charge on any atom is -0.423 e. The topological polar surface area (TPSA) is 102 Å². The molecule has 4 rings (SSSR count). The van der Waals surface area contributed by atoms with Crippen LogP contribution in [-0.2, 0) is 9.59 Å². The van der Waals surface area contributed by atoms with Gasteiger partial charge in [0.15, 0.2) is 0 Å². The number of ether oxygens (including phenoxy) is 1. The van der Waals surface area contributed by atoms with E-state index in [1.807, 2.05) is 41.0 Å². The maximum atomic E-state index is 12.6. The molecule has 1 aliphatic heterocycles.